The van der Waals surface area contributed by atoms with Crippen LogP contribution >= 0.6 is 11.6 Å². The lowest BCUT2D eigenvalue weighted by Crippen LogP contribution is -2.32. The Bertz CT molecular complexity index is 325. The third-order valence-corrected chi connectivity index (χ3v) is 3.76. The summed E-state index contributed by atoms with van der Waals surface area (Å²) in [6.45, 7) is 0.859. The van der Waals surface area contributed by atoms with Gasteiger partial charge in [0.1, 0.15) is 5.75 Å². The van der Waals surface area contributed by atoms with Crippen LogP contribution in [-0.2, 0) is 6.54 Å². The Morgan fingerprint density at radius 3 is 2.69 bits per heavy atom. The van der Waals surface area contributed by atoms with Gasteiger partial charge < -0.3 is 10.4 Å². The zero-order valence-electron chi connectivity index (χ0n) is 9.32. The Labute approximate surface area is 102 Å². The van der Waals surface area contributed by atoms with Gasteiger partial charge >= 0.3 is 0 Å². The summed E-state index contributed by atoms with van der Waals surface area (Å²) in [5.74, 6) is 1.70. The molecule has 1 aliphatic rings. The molecule has 0 heterocycles. The van der Waals surface area contributed by atoms with Crippen molar-refractivity contribution >= 4 is 11.6 Å². The van der Waals surface area contributed by atoms with Gasteiger partial charge in [0.15, 0.2) is 0 Å². The average molecular weight is 240 g/mol. The number of nitrogens with one attached hydrogen (secondary N) is 1. The molecule has 2 unspecified atom stereocenters. The third kappa shape index (κ3) is 2.89. The molecular weight excluding hydrogens is 222 g/mol. The van der Waals surface area contributed by atoms with Gasteiger partial charge in [-0.1, -0.05) is 18.6 Å². The normalized spacial score (nSPS) is 24.8. The van der Waals surface area contributed by atoms with E-state index in [-0.39, 0.29) is 0 Å². The average Bonchev–Trinajstić information content (AvgIpc) is 2.76. The molecule has 1 aromatic rings. The van der Waals surface area contributed by atoms with Crippen LogP contribution in [0.5, 0.6) is 5.75 Å². The molecular formula is C13H18ClNO. The van der Waals surface area contributed by atoms with Crippen molar-refractivity contribution in [3.63, 3.8) is 0 Å². The number of alkyl halides is 1. The molecule has 0 bridgehead atoms. The van der Waals surface area contributed by atoms with Gasteiger partial charge in [-0.25, -0.2) is 0 Å². The molecule has 0 spiro atoms. The smallest absolute Gasteiger partial charge is 0.115 e. The molecule has 1 aliphatic carbocycles. The van der Waals surface area contributed by atoms with E-state index in [4.69, 9.17) is 11.6 Å². The summed E-state index contributed by atoms with van der Waals surface area (Å²) in [7, 11) is 0. The maximum Gasteiger partial charge on any atom is 0.115 e. The first-order valence-electron chi connectivity index (χ1n) is 5.87. The number of phenols is 1. The Hall–Kier alpha value is -0.730. The minimum absolute atomic E-state index is 0.322. The van der Waals surface area contributed by atoms with E-state index in [1.807, 2.05) is 12.1 Å². The van der Waals surface area contributed by atoms with E-state index in [0.717, 1.165) is 12.4 Å². The maximum absolute atomic E-state index is 9.18. The van der Waals surface area contributed by atoms with Crippen LogP contribution in [0.25, 0.3) is 0 Å². The summed E-state index contributed by atoms with van der Waals surface area (Å²) in [5.41, 5.74) is 1.21. The zero-order chi connectivity index (χ0) is 11.4. The fourth-order valence-electron chi connectivity index (χ4n) is 2.35. The van der Waals surface area contributed by atoms with E-state index in [0.29, 0.717) is 17.7 Å². The molecule has 2 rings (SSSR count). The van der Waals surface area contributed by atoms with E-state index in [1.54, 1.807) is 12.1 Å². The summed E-state index contributed by atoms with van der Waals surface area (Å²) in [4.78, 5) is 0. The maximum atomic E-state index is 9.18. The second-order valence-electron chi connectivity index (χ2n) is 4.50. The van der Waals surface area contributed by atoms with Crippen LogP contribution in [0.4, 0.5) is 0 Å². The summed E-state index contributed by atoms with van der Waals surface area (Å²) in [5, 5.41) is 12.7. The summed E-state index contributed by atoms with van der Waals surface area (Å²) in [6.07, 6.45) is 3.76. The molecule has 0 saturated heterocycles. The number of hydrogen-bond acceptors (Lipinski definition) is 2. The van der Waals surface area contributed by atoms with Crippen molar-refractivity contribution in [1.82, 2.24) is 5.32 Å². The van der Waals surface area contributed by atoms with Gasteiger partial charge in [0.05, 0.1) is 0 Å². The monoisotopic (exact) mass is 239 g/mol. The highest BCUT2D eigenvalue weighted by Gasteiger charge is 2.25. The van der Waals surface area contributed by atoms with Crippen LogP contribution in [-0.4, -0.2) is 17.0 Å². The molecule has 0 radical (unpaired) electrons. The summed E-state index contributed by atoms with van der Waals surface area (Å²) < 4.78 is 0. The van der Waals surface area contributed by atoms with Crippen LogP contribution in [0, 0.1) is 5.92 Å². The molecule has 16 heavy (non-hydrogen) atoms. The Morgan fingerprint density at radius 1 is 1.25 bits per heavy atom. The first-order chi connectivity index (χ1) is 7.79. The lowest BCUT2D eigenvalue weighted by molar-refractivity contribution is 0.429. The number of benzene rings is 1. The van der Waals surface area contributed by atoms with Gasteiger partial charge in [-0.05, 0) is 36.5 Å². The summed E-state index contributed by atoms with van der Waals surface area (Å²) in [6, 6.07) is 7.92. The predicted molar refractivity (Wildman–Crippen MR) is 66.8 cm³/mol. The zero-order valence-corrected chi connectivity index (χ0v) is 10.1. The first kappa shape index (κ1) is 11.7. The van der Waals surface area contributed by atoms with Crippen molar-refractivity contribution in [2.24, 2.45) is 5.92 Å². The van der Waals surface area contributed by atoms with E-state index < -0.39 is 0 Å². The van der Waals surface area contributed by atoms with E-state index in [1.165, 1.54) is 24.8 Å². The van der Waals surface area contributed by atoms with E-state index >= 15 is 0 Å². The highest BCUT2D eigenvalue weighted by molar-refractivity contribution is 6.18. The Kier molecular flexibility index (Phi) is 4.08. The second-order valence-corrected chi connectivity index (χ2v) is 4.81. The molecule has 2 N–H and O–H groups in total. The minimum Gasteiger partial charge on any atom is -0.508 e. The van der Waals surface area contributed by atoms with Gasteiger partial charge in [-0.3, -0.25) is 0 Å². The molecule has 88 valence electrons. The van der Waals surface area contributed by atoms with Crippen molar-refractivity contribution < 1.29 is 5.11 Å². The van der Waals surface area contributed by atoms with Crippen LogP contribution in [0.1, 0.15) is 24.8 Å². The van der Waals surface area contributed by atoms with Crippen LogP contribution in [0.2, 0.25) is 0 Å². The van der Waals surface area contributed by atoms with Gasteiger partial charge in [-0.2, -0.15) is 0 Å². The van der Waals surface area contributed by atoms with Crippen molar-refractivity contribution in [3.8, 4) is 5.75 Å². The fraction of sp³-hybridized carbons (Fsp3) is 0.538. The van der Waals surface area contributed by atoms with Gasteiger partial charge in [0.25, 0.3) is 0 Å². The predicted octanol–water partition coefficient (Wildman–Crippen LogP) is 2.89. The first-order valence-corrected chi connectivity index (χ1v) is 6.40. The molecule has 0 aliphatic heterocycles. The highest BCUT2D eigenvalue weighted by atomic mass is 35.5. The minimum atomic E-state index is 0.322. The lowest BCUT2D eigenvalue weighted by atomic mass is 10.1. The van der Waals surface area contributed by atoms with Gasteiger partial charge in [-0.15, -0.1) is 11.6 Å². The van der Waals surface area contributed by atoms with E-state index in [2.05, 4.69) is 5.32 Å². The molecule has 2 nitrogen and oxygen atoms in total. The molecule has 1 fully saturated rings. The quantitative estimate of drug-likeness (QED) is 0.792. The van der Waals surface area contributed by atoms with Gasteiger partial charge in [0, 0.05) is 18.5 Å². The number of aromatic hydroxyl groups is 1. The van der Waals surface area contributed by atoms with Crippen LogP contribution in [0.15, 0.2) is 24.3 Å². The number of phenolic OH excluding ortho intramolecular Hbond substituents is 1. The molecule has 1 saturated carbocycles. The second kappa shape index (κ2) is 5.55. The third-order valence-electron chi connectivity index (χ3n) is 3.36. The molecule has 2 atom stereocenters. The highest BCUT2D eigenvalue weighted by Crippen LogP contribution is 2.26. The number of rotatable bonds is 4. The van der Waals surface area contributed by atoms with E-state index in [9.17, 15) is 5.11 Å². The van der Waals surface area contributed by atoms with Crippen LogP contribution in [0.3, 0.4) is 0 Å². The SMILES string of the molecule is Oc1ccc(CNC2CCCC2CCl)cc1. The Morgan fingerprint density at radius 2 is 2.00 bits per heavy atom. The molecule has 0 amide bonds. The lowest BCUT2D eigenvalue weighted by Gasteiger charge is -2.18. The largest absolute Gasteiger partial charge is 0.508 e. The topological polar surface area (TPSA) is 32.3 Å². The van der Waals surface area contributed by atoms with Gasteiger partial charge in [0.2, 0.25) is 0 Å². The molecule has 1 aromatic carbocycles. The molecule has 0 aromatic heterocycles. The Balaban J connectivity index is 1.85. The van der Waals surface area contributed by atoms with Crippen molar-refractivity contribution in [3.05, 3.63) is 29.8 Å². The summed E-state index contributed by atoms with van der Waals surface area (Å²) >= 11 is 5.93. The van der Waals surface area contributed by atoms with Crippen LogP contribution < -0.4 is 5.32 Å². The number of halogens is 1. The fourth-order valence-corrected chi connectivity index (χ4v) is 2.72. The van der Waals surface area contributed by atoms with Crippen molar-refractivity contribution in [2.75, 3.05) is 5.88 Å². The standard InChI is InChI=1S/C13H18ClNO/c14-8-11-2-1-3-13(11)15-9-10-4-6-12(16)7-5-10/h4-7,11,13,15-16H,1-3,8-9H2. The van der Waals surface area contributed by atoms with Crippen molar-refractivity contribution in [1.29, 1.82) is 0 Å². The van der Waals surface area contributed by atoms with Crippen molar-refractivity contribution in [2.45, 2.75) is 31.8 Å². The molecule has 3 heteroatoms. The number of hydrogen-bond donors (Lipinski definition) is 2.